The van der Waals surface area contributed by atoms with Crippen molar-refractivity contribution >= 4 is 11.6 Å². The van der Waals surface area contributed by atoms with E-state index < -0.39 is 0 Å². The summed E-state index contributed by atoms with van der Waals surface area (Å²) in [5.74, 6) is -0.303. The maximum absolute atomic E-state index is 13.3. The van der Waals surface area contributed by atoms with E-state index in [4.69, 9.17) is 0 Å². The van der Waals surface area contributed by atoms with Crippen LogP contribution in [0.25, 0.3) is 0 Å². The van der Waals surface area contributed by atoms with E-state index in [9.17, 15) is 9.18 Å². The second kappa shape index (κ2) is 7.85. The molecule has 0 unspecified atom stereocenters. The molecule has 20 heavy (non-hydrogen) atoms. The van der Waals surface area contributed by atoms with Gasteiger partial charge in [0.2, 0.25) is 5.91 Å². The van der Waals surface area contributed by atoms with Crippen molar-refractivity contribution in [3.05, 3.63) is 29.6 Å². The summed E-state index contributed by atoms with van der Waals surface area (Å²) in [5.41, 5.74) is 1.72. The molecule has 1 rings (SSSR count). The minimum absolute atomic E-state index is 0.0405. The summed E-state index contributed by atoms with van der Waals surface area (Å²) in [6.07, 6.45) is 0. The van der Waals surface area contributed by atoms with Crippen LogP contribution in [0.2, 0.25) is 0 Å². The van der Waals surface area contributed by atoms with Gasteiger partial charge in [-0.2, -0.15) is 0 Å². The summed E-state index contributed by atoms with van der Waals surface area (Å²) in [5, 5.41) is 6.03. The van der Waals surface area contributed by atoms with Crippen molar-refractivity contribution in [3.63, 3.8) is 0 Å². The number of benzene rings is 1. The number of hydrogen-bond acceptors (Lipinski definition) is 3. The zero-order valence-electron chi connectivity index (χ0n) is 12.7. The smallest absolute Gasteiger partial charge is 0.239 e. The van der Waals surface area contributed by atoms with Gasteiger partial charge in [0.05, 0.1) is 6.54 Å². The fourth-order valence-electron chi connectivity index (χ4n) is 2.00. The van der Waals surface area contributed by atoms with Crippen LogP contribution in [0.3, 0.4) is 0 Å². The van der Waals surface area contributed by atoms with Gasteiger partial charge in [-0.15, -0.1) is 0 Å². The number of hydrogen-bond donors (Lipinski definition) is 2. The quantitative estimate of drug-likeness (QED) is 0.802. The van der Waals surface area contributed by atoms with Gasteiger partial charge in [-0.1, -0.05) is 6.92 Å². The number of amides is 1. The van der Waals surface area contributed by atoms with Crippen molar-refractivity contribution in [2.45, 2.75) is 33.4 Å². The minimum Gasteiger partial charge on any atom is -0.365 e. The summed E-state index contributed by atoms with van der Waals surface area (Å²) < 4.78 is 13.3. The molecule has 0 fully saturated rings. The molecule has 1 amide bonds. The molecule has 0 spiro atoms. The monoisotopic (exact) mass is 281 g/mol. The van der Waals surface area contributed by atoms with Crippen LogP contribution in [0.15, 0.2) is 18.2 Å². The van der Waals surface area contributed by atoms with E-state index >= 15 is 0 Å². The van der Waals surface area contributed by atoms with Gasteiger partial charge < -0.3 is 15.5 Å². The molecular weight excluding hydrogens is 257 g/mol. The lowest BCUT2D eigenvalue weighted by Crippen LogP contribution is -2.39. The van der Waals surface area contributed by atoms with Crippen LogP contribution in [0, 0.1) is 5.82 Å². The third-order valence-corrected chi connectivity index (χ3v) is 2.85. The topological polar surface area (TPSA) is 44.4 Å². The Morgan fingerprint density at radius 2 is 2.10 bits per heavy atom. The zero-order valence-corrected chi connectivity index (χ0v) is 12.7. The Bertz CT molecular complexity index is 449. The lowest BCUT2D eigenvalue weighted by atomic mass is 10.1. The average molecular weight is 281 g/mol. The highest BCUT2D eigenvalue weighted by Crippen LogP contribution is 2.20. The Hall–Kier alpha value is -1.62. The molecule has 0 aliphatic rings. The van der Waals surface area contributed by atoms with E-state index in [1.54, 1.807) is 6.07 Å². The molecule has 0 atom stereocenters. The molecule has 1 aromatic carbocycles. The normalized spacial score (nSPS) is 10.7. The Labute approximate surface area is 120 Å². The van der Waals surface area contributed by atoms with Crippen molar-refractivity contribution in [3.8, 4) is 0 Å². The number of likely N-dealkylation sites (N-methyl/N-ethyl adjacent to an activating group) is 1. The molecule has 0 bridgehead atoms. The summed E-state index contributed by atoms with van der Waals surface area (Å²) in [6, 6.07) is 4.76. The first-order chi connectivity index (χ1) is 9.43. The highest BCUT2D eigenvalue weighted by atomic mass is 19.1. The first-order valence-electron chi connectivity index (χ1n) is 6.93. The number of rotatable bonds is 7. The molecule has 0 aliphatic heterocycles. The predicted octanol–water partition coefficient (Wildman–Crippen LogP) is 1.90. The second-order valence-electron chi connectivity index (χ2n) is 5.13. The largest absolute Gasteiger partial charge is 0.365 e. The molecule has 1 aromatic rings. The van der Waals surface area contributed by atoms with Crippen molar-refractivity contribution in [2.24, 2.45) is 0 Å². The zero-order chi connectivity index (χ0) is 15.1. The van der Waals surface area contributed by atoms with E-state index in [0.29, 0.717) is 6.54 Å². The van der Waals surface area contributed by atoms with E-state index in [-0.39, 0.29) is 24.3 Å². The standard InChI is InChI=1S/C15H24FN3O/c1-5-17-9-12-8-13(16)6-7-14(12)19(4)10-15(20)18-11(2)3/h6-8,11,17H,5,9-10H2,1-4H3,(H,18,20). The molecule has 5 heteroatoms. The number of nitrogens with zero attached hydrogens (tertiary/aromatic N) is 1. The Morgan fingerprint density at radius 3 is 2.70 bits per heavy atom. The average Bonchev–Trinajstić information content (AvgIpc) is 2.35. The summed E-state index contributed by atoms with van der Waals surface area (Å²) >= 11 is 0. The first-order valence-corrected chi connectivity index (χ1v) is 6.93. The van der Waals surface area contributed by atoms with Crippen LogP contribution < -0.4 is 15.5 Å². The van der Waals surface area contributed by atoms with Crippen LogP contribution in [-0.2, 0) is 11.3 Å². The molecule has 0 aromatic heterocycles. The number of nitrogens with one attached hydrogen (secondary N) is 2. The Morgan fingerprint density at radius 1 is 1.40 bits per heavy atom. The maximum Gasteiger partial charge on any atom is 0.239 e. The molecule has 0 saturated heterocycles. The maximum atomic E-state index is 13.3. The molecule has 0 radical (unpaired) electrons. The minimum atomic E-state index is -0.262. The van der Waals surface area contributed by atoms with Crippen LogP contribution in [-0.4, -0.2) is 32.1 Å². The third-order valence-electron chi connectivity index (χ3n) is 2.85. The van der Waals surface area contributed by atoms with Crippen LogP contribution in [0.5, 0.6) is 0 Å². The molecule has 0 saturated carbocycles. The van der Waals surface area contributed by atoms with Gasteiger partial charge >= 0.3 is 0 Å². The first kappa shape index (κ1) is 16.4. The molecule has 4 nitrogen and oxygen atoms in total. The van der Waals surface area contributed by atoms with Crippen molar-refractivity contribution < 1.29 is 9.18 Å². The van der Waals surface area contributed by atoms with Crippen molar-refractivity contribution in [2.75, 3.05) is 25.0 Å². The highest BCUT2D eigenvalue weighted by molar-refractivity contribution is 5.81. The number of carbonyl (C=O) groups is 1. The summed E-state index contributed by atoms with van der Waals surface area (Å²) in [6.45, 7) is 7.49. The fraction of sp³-hybridized carbons (Fsp3) is 0.533. The third kappa shape index (κ3) is 5.17. The van der Waals surface area contributed by atoms with Gasteiger partial charge in [0.15, 0.2) is 0 Å². The van der Waals surface area contributed by atoms with Crippen LogP contribution in [0.1, 0.15) is 26.3 Å². The van der Waals surface area contributed by atoms with Gasteiger partial charge in [-0.05, 0) is 44.2 Å². The van der Waals surface area contributed by atoms with Gasteiger partial charge in [0, 0.05) is 25.3 Å². The molecule has 0 heterocycles. The van der Waals surface area contributed by atoms with Gasteiger partial charge in [0.1, 0.15) is 5.82 Å². The highest BCUT2D eigenvalue weighted by Gasteiger charge is 2.12. The van der Waals surface area contributed by atoms with E-state index in [2.05, 4.69) is 10.6 Å². The van der Waals surface area contributed by atoms with Crippen LogP contribution >= 0.6 is 0 Å². The lowest BCUT2D eigenvalue weighted by Gasteiger charge is -2.23. The predicted molar refractivity (Wildman–Crippen MR) is 80.3 cm³/mol. The lowest BCUT2D eigenvalue weighted by molar-refractivity contribution is -0.120. The molecule has 112 valence electrons. The summed E-state index contributed by atoms with van der Waals surface area (Å²) in [4.78, 5) is 13.6. The van der Waals surface area contributed by atoms with Gasteiger partial charge in [-0.25, -0.2) is 4.39 Å². The molecular formula is C15H24FN3O. The number of carbonyl (C=O) groups excluding carboxylic acids is 1. The van der Waals surface area contributed by atoms with E-state index in [1.807, 2.05) is 32.7 Å². The number of halogens is 1. The van der Waals surface area contributed by atoms with Gasteiger partial charge in [-0.3, -0.25) is 4.79 Å². The van der Waals surface area contributed by atoms with Crippen molar-refractivity contribution in [1.29, 1.82) is 0 Å². The second-order valence-corrected chi connectivity index (χ2v) is 5.13. The van der Waals surface area contributed by atoms with E-state index in [0.717, 1.165) is 17.8 Å². The molecule has 0 aliphatic carbocycles. The van der Waals surface area contributed by atoms with Gasteiger partial charge in [0.25, 0.3) is 0 Å². The van der Waals surface area contributed by atoms with Crippen LogP contribution in [0.4, 0.5) is 10.1 Å². The summed E-state index contributed by atoms with van der Waals surface area (Å²) in [7, 11) is 1.84. The molecule has 2 N–H and O–H groups in total. The van der Waals surface area contributed by atoms with E-state index in [1.165, 1.54) is 12.1 Å². The Kier molecular flexibility index (Phi) is 6.45. The van der Waals surface area contributed by atoms with Crippen molar-refractivity contribution in [1.82, 2.24) is 10.6 Å². The Balaban J connectivity index is 2.80. The SMILES string of the molecule is CCNCc1cc(F)ccc1N(C)CC(=O)NC(C)C. The fourth-order valence-corrected chi connectivity index (χ4v) is 2.00. The number of anilines is 1.